The first-order valence-corrected chi connectivity index (χ1v) is 4.84. The molecule has 0 saturated heterocycles. The van der Waals surface area contributed by atoms with Gasteiger partial charge < -0.3 is 10.5 Å². The fourth-order valence-electron chi connectivity index (χ4n) is 1.39. The number of hydrogen-bond donors (Lipinski definition) is 1. The Balaban J connectivity index is 2.49. The van der Waals surface area contributed by atoms with Crippen molar-refractivity contribution in [2.45, 2.75) is 0 Å². The number of hydrogen-bond acceptors (Lipinski definition) is 6. The zero-order valence-electron chi connectivity index (χ0n) is 9.41. The first-order valence-electron chi connectivity index (χ1n) is 4.84. The lowest BCUT2D eigenvalue weighted by atomic mass is 10.1. The molecule has 0 amide bonds. The van der Waals surface area contributed by atoms with Gasteiger partial charge in [-0.3, -0.25) is 0 Å². The molecule has 0 radical (unpaired) electrons. The minimum atomic E-state index is -0.435. The summed E-state index contributed by atoms with van der Waals surface area (Å²) >= 11 is 0. The molecule has 0 fully saturated rings. The lowest BCUT2D eigenvalue weighted by molar-refractivity contribution is 0.0601. The van der Waals surface area contributed by atoms with Crippen molar-refractivity contribution < 1.29 is 9.53 Å². The van der Waals surface area contributed by atoms with Gasteiger partial charge in [-0.2, -0.15) is 4.80 Å². The number of ether oxygens (including phenoxy) is 1. The van der Waals surface area contributed by atoms with Gasteiger partial charge in [-0.05, 0) is 23.4 Å². The molecule has 1 heterocycles. The molecule has 7 nitrogen and oxygen atoms in total. The van der Waals surface area contributed by atoms with Crippen LogP contribution in [-0.4, -0.2) is 33.3 Å². The van der Waals surface area contributed by atoms with Gasteiger partial charge in [0.15, 0.2) is 0 Å². The van der Waals surface area contributed by atoms with E-state index >= 15 is 0 Å². The second-order valence-electron chi connectivity index (χ2n) is 3.40. The molecule has 0 bridgehead atoms. The Hall–Kier alpha value is -2.44. The van der Waals surface area contributed by atoms with E-state index < -0.39 is 5.97 Å². The smallest absolute Gasteiger partial charge is 0.337 e. The van der Waals surface area contributed by atoms with Crippen LogP contribution >= 0.6 is 0 Å². The van der Waals surface area contributed by atoms with E-state index in [1.165, 1.54) is 11.9 Å². The van der Waals surface area contributed by atoms with Gasteiger partial charge in [0, 0.05) is 11.3 Å². The number of carbonyl (C=O) groups is 1. The number of tetrazole rings is 1. The number of rotatable bonds is 2. The maximum Gasteiger partial charge on any atom is 0.337 e. The topological polar surface area (TPSA) is 95.9 Å². The van der Waals surface area contributed by atoms with Gasteiger partial charge in [-0.15, -0.1) is 10.2 Å². The average molecular weight is 233 g/mol. The number of aromatic nitrogens is 4. The van der Waals surface area contributed by atoms with Crippen LogP contribution in [0.2, 0.25) is 0 Å². The predicted molar refractivity (Wildman–Crippen MR) is 60.0 cm³/mol. The highest BCUT2D eigenvalue weighted by Gasteiger charge is 2.13. The highest BCUT2D eigenvalue weighted by Crippen LogP contribution is 2.23. The maximum absolute atomic E-state index is 11.4. The Morgan fingerprint density at radius 1 is 1.47 bits per heavy atom. The number of methoxy groups -OCH3 is 1. The number of carbonyl (C=O) groups excluding carboxylic acids is 1. The van der Waals surface area contributed by atoms with Crippen molar-refractivity contribution in [3.63, 3.8) is 0 Å². The van der Waals surface area contributed by atoms with Crippen LogP contribution in [0.15, 0.2) is 18.2 Å². The standard InChI is InChI=1S/C10H11N5O2/c1-15-13-9(12-14-15)7-5-6(10(16)17-2)3-4-8(7)11/h3-5H,11H2,1-2H3. The van der Waals surface area contributed by atoms with Crippen molar-refractivity contribution >= 4 is 11.7 Å². The van der Waals surface area contributed by atoms with Crippen LogP contribution in [0.1, 0.15) is 10.4 Å². The third-order valence-electron chi connectivity index (χ3n) is 2.22. The first-order chi connectivity index (χ1) is 8.11. The van der Waals surface area contributed by atoms with Gasteiger partial charge in [0.1, 0.15) is 0 Å². The highest BCUT2D eigenvalue weighted by molar-refractivity contribution is 5.92. The first kappa shape index (κ1) is 11.1. The summed E-state index contributed by atoms with van der Waals surface area (Å²) in [4.78, 5) is 12.7. The van der Waals surface area contributed by atoms with E-state index in [-0.39, 0.29) is 0 Å². The van der Waals surface area contributed by atoms with Crippen molar-refractivity contribution in [3.05, 3.63) is 23.8 Å². The van der Waals surface area contributed by atoms with Crippen molar-refractivity contribution in [2.75, 3.05) is 12.8 Å². The number of aryl methyl sites for hydroxylation is 1. The van der Waals surface area contributed by atoms with Crippen molar-refractivity contribution in [2.24, 2.45) is 7.05 Å². The Labute approximate surface area is 97.2 Å². The molecule has 7 heteroatoms. The fourth-order valence-corrected chi connectivity index (χ4v) is 1.39. The van der Waals surface area contributed by atoms with Crippen molar-refractivity contribution in [1.82, 2.24) is 20.2 Å². The summed E-state index contributed by atoms with van der Waals surface area (Å²) in [7, 11) is 2.97. The van der Waals surface area contributed by atoms with E-state index in [1.807, 2.05) is 0 Å². The average Bonchev–Trinajstić information content (AvgIpc) is 2.75. The number of nitrogen functional groups attached to an aromatic ring is 1. The molecule has 0 aliphatic heterocycles. The Morgan fingerprint density at radius 2 is 2.24 bits per heavy atom. The van der Waals surface area contributed by atoms with Crippen LogP contribution in [0.4, 0.5) is 5.69 Å². The van der Waals surface area contributed by atoms with Crippen LogP contribution in [0.25, 0.3) is 11.4 Å². The number of nitrogens with zero attached hydrogens (tertiary/aromatic N) is 4. The van der Waals surface area contributed by atoms with E-state index in [0.717, 1.165) is 0 Å². The molecule has 0 saturated carbocycles. The summed E-state index contributed by atoms with van der Waals surface area (Å²) in [5.41, 5.74) is 7.23. The predicted octanol–water partition coefficient (Wildman–Crippen LogP) is 0.246. The quantitative estimate of drug-likeness (QED) is 0.589. The van der Waals surface area contributed by atoms with Gasteiger partial charge in [0.25, 0.3) is 0 Å². The molecule has 2 rings (SSSR count). The van der Waals surface area contributed by atoms with Gasteiger partial charge in [-0.25, -0.2) is 4.79 Å². The number of benzene rings is 1. The molecule has 0 unspecified atom stereocenters. The maximum atomic E-state index is 11.4. The van der Waals surface area contributed by atoms with E-state index in [0.29, 0.717) is 22.6 Å². The lowest BCUT2D eigenvalue weighted by Gasteiger charge is -2.04. The summed E-state index contributed by atoms with van der Waals surface area (Å²) in [5.74, 6) is -0.0640. The Morgan fingerprint density at radius 3 is 2.82 bits per heavy atom. The monoisotopic (exact) mass is 233 g/mol. The fraction of sp³-hybridized carbons (Fsp3) is 0.200. The van der Waals surface area contributed by atoms with Crippen LogP contribution in [-0.2, 0) is 11.8 Å². The normalized spacial score (nSPS) is 10.2. The van der Waals surface area contributed by atoms with E-state index in [2.05, 4.69) is 20.1 Å². The lowest BCUT2D eigenvalue weighted by Crippen LogP contribution is -2.03. The number of anilines is 1. The van der Waals surface area contributed by atoms with E-state index in [1.54, 1.807) is 25.2 Å². The summed E-state index contributed by atoms with van der Waals surface area (Å²) < 4.78 is 4.63. The van der Waals surface area contributed by atoms with Crippen LogP contribution < -0.4 is 5.73 Å². The Bertz CT molecular complexity index is 564. The molecule has 0 aliphatic carbocycles. The molecule has 88 valence electrons. The highest BCUT2D eigenvalue weighted by atomic mass is 16.5. The Kier molecular flexibility index (Phi) is 2.73. The van der Waals surface area contributed by atoms with E-state index in [9.17, 15) is 4.79 Å². The molecular formula is C10H11N5O2. The molecule has 0 spiro atoms. The second kappa shape index (κ2) is 4.20. The zero-order chi connectivity index (χ0) is 12.4. The third kappa shape index (κ3) is 2.07. The van der Waals surface area contributed by atoms with Crippen molar-refractivity contribution in [3.8, 4) is 11.4 Å². The number of nitrogens with two attached hydrogens (primary N) is 1. The van der Waals surface area contributed by atoms with Gasteiger partial charge in [0.05, 0.1) is 19.7 Å². The minimum absolute atomic E-state index is 0.371. The summed E-state index contributed by atoms with van der Waals surface area (Å²) in [6.45, 7) is 0. The van der Waals surface area contributed by atoms with Crippen LogP contribution in [0.5, 0.6) is 0 Å². The van der Waals surface area contributed by atoms with Gasteiger partial charge >= 0.3 is 5.97 Å². The SMILES string of the molecule is COC(=O)c1ccc(N)c(-c2nnn(C)n2)c1. The van der Waals surface area contributed by atoms with Crippen LogP contribution in [0.3, 0.4) is 0 Å². The number of esters is 1. The molecule has 1 aromatic carbocycles. The molecule has 1 aromatic heterocycles. The molecule has 0 aliphatic rings. The summed E-state index contributed by atoms with van der Waals surface area (Å²) in [6.07, 6.45) is 0. The van der Waals surface area contributed by atoms with Gasteiger partial charge in [-0.1, -0.05) is 0 Å². The van der Waals surface area contributed by atoms with Gasteiger partial charge in [0.2, 0.25) is 5.82 Å². The van der Waals surface area contributed by atoms with E-state index in [4.69, 9.17) is 5.73 Å². The second-order valence-corrected chi connectivity index (χ2v) is 3.40. The molecule has 2 aromatic rings. The molecule has 17 heavy (non-hydrogen) atoms. The summed E-state index contributed by atoms with van der Waals surface area (Å²) in [5, 5.41) is 11.6. The van der Waals surface area contributed by atoms with Crippen LogP contribution in [0, 0.1) is 0 Å². The largest absolute Gasteiger partial charge is 0.465 e. The molecular weight excluding hydrogens is 222 g/mol. The zero-order valence-corrected chi connectivity index (χ0v) is 9.41. The third-order valence-corrected chi connectivity index (χ3v) is 2.22. The molecule has 2 N–H and O–H groups in total. The minimum Gasteiger partial charge on any atom is -0.465 e. The summed E-state index contributed by atoms with van der Waals surface area (Å²) in [6, 6.07) is 4.77. The molecule has 0 atom stereocenters. The van der Waals surface area contributed by atoms with Crippen molar-refractivity contribution in [1.29, 1.82) is 0 Å².